The summed E-state index contributed by atoms with van der Waals surface area (Å²) in [5.74, 6) is -0.248. The van der Waals surface area contributed by atoms with Crippen LogP contribution in [0.2, 0.25) is 0 Å². The molecular weight excluding hydrogens is 532 g/mol. The van der Waals surface area contributed by atoms with Crippen molar-refractivity contribution < 1.29 is 14.7 Å². The number of carboxylic acids is 1. The number of ketones is 1. The molecule has 1 unspecified atom stereocenters. The minimum atomic E-state index is -0.814. The first-order valence-corrected chi connectivity index (χ1v) is 15.1. The maximum atomic E-state index is 14.0. The number of hydrogen-bond acceptors (Lipinski definition) is 3. The lowest BCUT2D eigenvalue weighted by Gasteiger charge is -2.32. The highest BCUT2D eigenvalue weighted by Crippen LogP contribution is 2.32. The fourth-order valence-electron chi connectivity index (χ4n) is 5.81. The largest absolute Gasteiger partial charge is 0.481 e. The molecule has 1 aromatic heterocycles. The first-order valence-electron chi connectivity index (χ1n) is 15.1. The van der Waals surface area contributed by atoms with Gasteiger partial charge in [-0.25, -0.2) is 0 Å². The molecule has 5 rings (SSSR count). The molecular formula is C38H40N2O3. The van der Waals surface area contributed by atoms with Crippen LogP contribution in [0.25, 0.3) is 10.9 Å². The number of hydrogen-bond donors (Lipinski definition) is 1. The van der Waals surface area contributed by atoms with E-state index in [0.717, 1.165) is 23.0 Å². The molecule has 0 saturated heterocycles. The van der Waals surface area contributed by atoms with Crippen LogP contribution in [0.5, 0.6) is 0 Å². The molecule has 0 bridgehead atoms. The molecule has 1 atom stereocenters. The number of carbonyl (C=O) groups excluding carboxylic acids is 1. The molecule has 0 aliphatic rings. The van der Waals surface area contributed by atoms with Gasteiger partial charge in [-0.3, -0.25) is 9.59 Å². The summed E-state index contributed by atoms with van der Waals surface area (Å²) in [7, 11) is 0. The Bertz CT molecular complexity index is 1690. The number of aryl methyl sites for hydroxylation is 1. The lowest BCUT2D eigenvalue weighted by molar-refractivity contribution is -0.137. The first-order chi connectivity index (χ1) is 20.8. The van der Waals surface area contributed by atoms with Gasteiger partial charge in [-0.05, 0) is 60.6 Å². The van der Waals surface area contributed by atoms with Crippen molar-refractivity contribution in [1.29, 1.82) is 0 Å². The van der Waals surface area contributed by atoms with E-state index < -0.39 is 5.97 Å². The van der Waals surface area contributed by atoms with Gasteiger partial charge in [0.15, 0.2) is 5.78 Å². The normalized spacial score (nSPS) is 12.0. The van der Waals surface area contributed by atoms with E-state index in [2.05, 4.69) is 80.3 Å². The van der Waals surface area contributed by atoms with Gasteiger partial charge in [-0.15, -0.1) is 0 Å². The summed E-state index contributed by atoms with van der Waals surface area (Å²) in [4.78, 5) is 27.5. The van der Waals surface area contributed by atoms with Crippen molar-refractivity contribution in [2.24, 2.45) is 5.92 Å². The van der Waals surface area contributed by atoms with Crippen molar-refractivity contribution in [3.63, 3.8) is 0 Å². The van der Waals surface area contributed by atoms with Gasteiger partial charge < -0.3 is 14.6 Å². The molecule has 4 aromatic carbocycles. The third-order valence-corrected chi connectivity index (χ3v) is 8.03. The van der Waals surface area contributed by atoms with Crippen molar-refractivity contribution in [1.82, 2.24) is 4.57 Å². The summed E-state index contributed by atoms with van der Waals surface area (Å²) in [5.41, 5.74) is 6.95. The van der Waals surface area contributed by atoms with Crippen molar-refractivity contribution in [3.05, 3.63) is 137 Å². The van der Waals surface area contributed by atoms with E-state index in [0.29, 0.717) is 36.6 Å². The third-order valence-electron chi connectivity index (χ3n) is 8.03. The molecule has 0 fully saturated rings. The molecule has 0 aliphatic heterocycles. The monoisotopic (exact) mass is 572 g/mol. The summed E-state index contributed by atoms with van der Waals surface area (Å²) in [6.45, 7) is 7.95. The molecule has 0 spiro atoms. The number of nitrogens with zero attached hydrogens (tertiary/aromatic N) is 2. The molecule has 1 heterocycles. The molecule has 5 nitrogen and oxygen atoms in total. The lowest BCUT2D eigenvalue weighted by Crippen LogP contribution is -2.26. The van der Waals surface area contributed by atoms with Gasteiger partial charge in [0.25, 0.3) is 0 Å². The topological polar surface area (TPSA) is 62.5 Å². The van der Waals surface area contributed by atoms with Crippen molar-refractivity contribution in [3.8, 4) is 0 Å². The number of carbonyl (C=O) groups is 2. The predicted octanol–water partition coefficient (Wildman–Crippen LogP) is 8.70. The number of aromatic nitrogens is 1. The maximum absolute atomic E-state index is 14.0. The minimum absolute atomic E-state index is 0.0413. The van der Waals surface area contributed by atoms with Crippen molar-refractivity contribution in [2.75, 3.05) is 4.90 Å². The van der Waals surface area contributed by atoms with Gasteiger partial charge in [-0.2, -0.15) is 0 Å². The molecule has 5 aromatic rings. The van der Waals surface area contributed by atoms with E-state index in [1.54, 1.807) is 0 Å². The van der Waals surface area contributed by atoms with E-state index in [4.69, 9.17) is 5.11 Å². The zero-order valence-corrected chi connectivity index (χ0v) is 25.2. The van der Waals surface area contributed by atoms with Gasteiger partial charge in [0.05, 0.1) is 6.04 Å². The second-order valence-corrected chi connectivity index (χ2v) is 11.8. The summed E-state index contributed by atoms with van der Waals surface area (Å²) in [6.07, 6.45) is 3.53. The Balaban J connectivity index is 1.48. The number of carboxylic acid groups (broad SMARTS) is 1. The number of benzene rings is 4. The van der Waals surface area contributed by atoms with Crippen LogP contribution in [-0.2, 0) is 24.3 Å². The standard InChI is InChI=1S/C38H40N2O3/c1-27(2)23-29-18-20-31(21-19-29)28(3)40(25-30-11-5-4-6-12-30)33-14-9-13-32(24-33)38(43)35-26-39(22-10-17-37(41)42)36-16-8-7-15-34(35)36/h4-9,11-16,18-21,24,26-28H,10,17,22-23,25H2,1-3H3,(H,41,42). The number of rotatable bonds is 13. The van der Waals surface area contributed by atoms with Crippen LogP contribution in [0.3, 0.4) is 0 Å². The second kappa shape index (κ2) is 13.6. The van der Waals surface area contributed by atoms with Crippen LogP contribution in [0.4, 0.5) is 5.69 Å². The van der Waals surface area contributed by atoms with E-state index in [1.165, 1.54) is 16.7 Å². The van der Waals surface area contributed by atoms with Gasteiger partial charge in [0, 0.05) is 53.4 Å². The molecule has 5 heteroatoms. The summed E-state index contributed by atoms with van der Waals surface area (Å²) in [6, 6.07) is 35.2. The fraction of sp³-hybridized carbons (Fsp3) is 0.263. The first kappa shape index (κ1) is 29.8. The molecule has 0 saturated carbocycles. The van der Waals surface area contributed by atoms with Crippen LogP contribution in [-0.4, -0.2) is 21.4 Å². The summed E-state index contributed by atoms with van der Waals surface area (Å²) in [5, 5.41) is 9.98. The van der Waals surface area contributed by atoms with Gasteiger partial charge >= 0.3 is 5.97 Å². The third kappa shape index (κ3) is 7.23. The highest BCUT2D eigenvalue weighted by atomic mass is 16.4. The summed E-state index contributed by atoms with van der Waals surface area (Å²) >= 11 is 0. The Morgan fingerprint density at radius 1 is 0.814 bits per heavy atom. The molecule has 0 amide bonds. The minimum Gasteiger partial charge on any atom is -0.481 e. The van der Waals surface area contributed by atoms with E-state index >= 15 is 0 Å². The smallest absolute Gasteiger partial charge is 0.303 e. The van der Waals surface area contributed by atoms with Crippen LogP contribution in [0.15, 0.2) is 109 Å². The number of anilines is 1. The maximum Gasteiger partial charge on any atom is 0.303 e. The quantitative estimate of drug-likeness (QED) is 0.143. The highest BCUT2D eigenvalue weighted by Gasteiger charge is 2.21. The average Bonchev–Trinajstić information content (AvgIpc) is 3.38. The molecule has 0 aliphatic carbocycles. The number of para-hydroxylation sites is 1. The SMILES string of the molecule is CC(C)Cc1ccc(C(C)N(Cc2ccccc2)c2cccc(C(=O)c3cn(CCCC(=O)O)c4ccccc34)c2)cc1. The molecule has 1 N–H and O–H groups in total. The van der Waals surface area contributed by atoms with Gasteiger partial charge in [-0.1, -0.05) is 98.8 Å². The predicted molar refractivity (Wildman–Crippen MR) is 175 cm³/mol. The number of aliphatic carboxylic acids is 1. The number of fused-ring (bicyclic) bond motifs is 1. The van der Waals surface area contributed by atoms with E-state index in [-0.39, 0.29) is 18.2 Å². The Labute approximate surface area is 254 Å². The lowest BCUT2D eigenvalue weighted by atomic mass is 9.98. The average molecular weight is 573 g/mol. The van der Waals surface area contributed by atoms with Crippen molar-refractivity contribution >= 4 is 28.3 Å². The fourth-order valence-corrected chi connectivity index (χ4v) is 5.81. The van der Waals surface area contributed by atoms with E-state index in [1.807, 2.05) is 59.3 Å². The highest BCUT2D eigenvalue weighted by molar-refractivity contribution is 6.16. The molecule has 43 heavy (non-hydrogen) atoms. The van der Waals surface area contributed by atoms with Crippen molar-refractivity contribution in [2.45, 2.75) is 59.2 Å². The van der Waals surface area contributed by atoms with Crippen LogP contribution in [0.1, 0.15) is 72.3 Å². The zero-order valence-electron chi connectivity index (χ0n) is 25.2. The second-order valence-electron chi connectivity index (χ2n) is 11.8. The Kier molecular flexibility index (Phi) is 9.41. The van der Waals surface area contributed by atoms with E-state index in [9.17, 15) is 9.59 Å². The van der Waals surface area contributed by atoms with Crippen LogP contribution in [0, 0.1) is 5.92 Å². The zero-order chi connectivity index (χ0) is 30.3. The molecule has 0 radical (unpaired) electrons. The van der Waals surface area contributed by atoms with Gasteiger partial charge in [0.2, 0.25) is 0 Å². The van der Waals surface area contributed by atoms with Gasteiger partial charge in [0.1, 0.15) is 0 Å². The summed E-state index contributed by atoms with van der Waals surface area (Å²) < 4.78 is 2.00. The Hall–Kier alpha value is -4.64. The van der Waals surface area contributed by atoms with Crippen LogP contribution < -0.4 is 4.90 Å². The van der Waals surface area contributed by atoms with Crippen LogP contribution >= 0.6 is 0 Å². The Morgan fingerprint density at radius 2 is 1.53 bits per heavy atom. The Morgan fingerprint density at radius 3 is 2.26 bits per heavy atom. The molecule has 220 valence electrons.